The highest BCUT2D eigenvalue weighted by atomic mass is 19.1. The van der Waals surface area contributed by atoms with E-state index in [4.69, 9.17) is 9.15 Å². The number of ketones is 1. The van der Waals surface area contributed by atoms with E-state index in [1.165, 1.54) is 25.5 Å². The van der Waals surface area contributed by atoms with Crippen molar-refractivity contribution in [2.24, 2.45) is 0 Å². The minimum atomic E-state index is -0.595. The molecule has 0 radical (unpaired) electrons. The summed E-state index contributed by atoms with van der Waals surface area (Å²) >= 11 is 0. The van der Waals surface area contributed by atoms with Crippen LogP contribution < -0.4 is 4.74 Å². The van der Waals surface area contributed by atoms with Crippen LogP contribution in [0.15, 0.2) is 34.9 Å². The first-order valence-electron chi connectivity index (χ1n) is 5.62. The lowest BCUT2D eigenvalue weighted by molar-refractivity contribution is 0.103. The fraction of sp³-hybridized carbons (Fsp3) is 0.214. The second-order valence-electron chi connectivity index (χ2n) is 3.79. The molecule has 0 spiro atoms. The van der Waals surface area contributed by atoms with Gasteiger partial charge in [-0.05, 0) is 18.2 Å². The second-order valence-corrected chi connectivity index (χ2v) is 3.79. The molecule has 0 unspecified atom stereocenters. The van der Waals surface area contributed by atoms with Crippen molar-refractivity contribution >= 4 is 5.78 Å². The van der Waals surface area contributed by atoms with Crippen LogP contribution in [-0.4, -0.2) is 12.9 Å². The maximum absolute atomic E-state index is 13.8. The smallest absolute Gasteiger partial charge is 0.199 e. The summed E-state index contributed by atoms with van der Waals surface area (Å²) in [6.45, 7) is 1.87. The fourth-order valence-electron chi connectivity index (χ4n) is 1.77. The Hall–Kier alpha value is -2.10. The highest BCUT2D eigenvalue weighted by Crippen LogP contribution is 2.21. The predicted molar refractivity (Wildman–Crippen MR) is 64.5 cm³/mol. The molecular formula is C14H13FO3. The number of benzene rings is 1. The molecule has 0 N–H and O–H groups in total. The third-order valence-electron chi connectivity index (χ3n) is 2.73. The van der Waals surface area contributed by atoms with Crippen molar-refractivity contribution in [1.29, 1.82) is 0 Å². The molecule has 0 atom stereocenters. The first-order valence-corrected chi connectivity index (χ1v) is 5.62. The lowest BCUT2D eigenvalue weighted by Gasteiger charge is -2.04. The molecule has 0 amide bonds. The highest BCUT2D eigenvalue weighted by molar-refractivity contribution is 6.09. The third kappa shape index (κ3) is 2.14. The summed E-state index contributed by atoms with van der Waals surface area (Å²) < 4.78 is 23.9. The molecule has 18 heavy (non-hydrogen) atoms. The van der Waals surface area contributed by atoms with Crippen LogP contribution in [0.2, 0.25) is 0 Å². The van der Waals surface area contributed by atoms with Gasteiger partial charge in [0.15, 0.2) is 5.78 Å². The van der Waals surface area contributed by atoms with Crippen molar-refractivity contribution in [3.8, 4) is 5.75 Å². The molecule has 94 valence electrons. The minimum Gasteiger partial charge on any atom is -0.497 e. The molecule has 0 fully saturated rings. The van der Waals surface area contributed by atoms with Crippen molar-refractivity contribution in [2.75, 3.05) is 7.11 Å². The summed E-state index contributed by atoms with van der Waals surface area (Å²) in [5.41, 5.74) is 0.425. The summed E-state index contributed by atoms with van der Waals surface area (Å²) in [6, 6.07) is 5.73. The van der Waals surface area contributed by atoms with Crippen molar-refractivity contribution in [1.82, 2.24) is 0 Å². The van der Waals surface area contributed by atoms with Crippen LogP contribution in [0.25, 0.3) is 0 Å². The molecule has 1 aromatic carbocycles. The van der Waals surface area contributed by atoms with Crippen molar-refractivity contribution in [3.05, 3.63) is 53.2 Å². The topological polar surface area (TPSA) is 39.4 Å². The van der Waals surface area contributed by atoms with Gasteiger partial charge in [-0.25, -0.2) is 4.39 Å². The summed E-state index contributed by atoms with van der Waals surface area (Å²) in [4.78, 5) is 12.2. The molecule has 2 rings (SSSR count). The molecule has 4 heteroatoms. The van der Waals surface area contributed by atoms with Crippen molar-refractivity contribution < 1.29 is 18.3 Å². The number of carbonyl (C=O) groups is 1. The van der Waals surface area contributed by atoms with E-state index < -0.39 is 5.82 Å². The standard InChI is InChI=1S/C14H13FO3/c1-3-13-11(6-7-18-13)14(16)10-5-4-9(17-2)8-12(10)15/h4-8H,3H2,1-2H3. The Labute approximate surface area is 104 Å². The Morgan fingerprint density at radius 1 is 1.33 bits per heavy atom. The number of methoxy groups -OCH3 is 1. The van der Waals surface area contributed by atoms with Crippen molar-refractivity contribution in [3.63, 3.8) is 0 Å². The average molecular weight is 248 g/mol. The zero-order valence-corrected chi connectivity index (χ0v) is 10.2. The van der Waals surface area contributed by atoms with Gasteiger partial charge in [-0.15, -0.1) is 0 Å². The number of hydrogen-bond donors (Lipinski definition) is 0. The molecule has 0 aliphatic rings. The lowest BCUT2D eigenvalue weighted by Crippen LogP contribution is -2.05. The van der Waals surface area contributed by atoms with Gasteiger partial charge in [-0.3, -0.25) is 4.79 Å². The molecule has 1 aromatic heterocycles. The average Bonchev–Trinajstić information content (AvgIpc) is 2.86. The summed E-state index contributed by atoms with van der Waals surface area (Å²) in [5.74, 6) is -0.0227. The Bertz CT molecular complexity index is 572. The molecule has 0 aliphatic carbocycles. The molecular weight excluding hydrogens is 235 g/mol. The summed E-state index contributed by atoms with van der Waals surface area (Å²) in [6.07, 6.45) is 2.03. The SMILES string of the molecule is CCc1occc1C(=O)c1ccc(OC)cc1F. The highest BCUT2D eigenvalue weighted by Gasteiger charge is 2.19. The van der Waals surface area contributed by atoms with E-state index in [-0.39, 0.29) is 11.3 Å². The Balaban J connectivity index is 2.40. The van der Waals surface area contributed by atoms with Gasteiger partial charge < -0.3 is 9.15 Å². The molecule has 1 heterocycles. The van der Waals surface area contributed by atoms with Crippen LogP contribution in [-0.2, 0) is 6.42 Å². The molecule has 0 aliphatic heterocycles. The van der Waals surface area contributed by atoms with Crippen LogP contribution in [0.1, 0.15) is 28.6 Å². The molecule has 2 aromatic rings. The van der Waals surface area contributed by atoms with Crippen LogP contribution in [0.3, 0.4) is 0 Å². The fourth-order valence-corrected chi connectivity index (χ4v) is 1.77. The lowest BCUT2D eigenvalue weighted by atomic mass is 10.0. The molecule has 0 saturated carbocycles. The first-order chi connectivity index (χ1) is 8.67. The van der Waals surface area contributed by atoms with Crippen LogP contribution >= 0.6 is 0 Å². The predicted octanol–water partition coefficient (Wildman–Crippen LogP) is 3.22. The number of halogens is 1. The van der Waals surface area contributed by atoms with E-state index in [9.17, 15) is 9.18 Å². The van der Waals surface area contributed by atoms with E-state index >= 15 is 0 Å². The van der Waals surface area contributed by atoms with Crippen LogP contribution in [0.4, 0.5) is 4.39 Å². The molecule has 0 bridgehead atoms. The Kier molecular flexibility index (Phi) is 3.46. The number of furan rings is 1. The number of carbonyl (C=O) groups excluding carboxylic acids is 1. The van der Waals surface area contributed by atoms with E-state index in [1.807, 2.05) is 6.92 Å². The molecule has 3 nitrogen and oxygen atoms in total. The quantitative estimate of drug-likeness (QED) is 0.780. The van der Waals surface area contributed by atoms with Gasteiger partial charge >= 0.3 is 0 Å². The van der Waals surface area contributed by atoms with E-state index in [1.54, 1.807) is 12.1 Å². The maximum Gasteiger partial charge on any atom is 0.199 e. The van der Waals surface area contributed by atoms with Gasteiger partial charge in [0.2, 0.25) is 0 Å². The van der Waals surface area contributed by atoms with Gasteiger partial charge in [0, 0.05) is 12.5 Å². The zero-order valence-electron chi connectivity index (χ0n) is 10.2. The number of aryl methyl sites for hydroxylation is 1. The third-order valence-corrected chi connectivity index (χ3v) is 2.73. The first kappa shape index (κ1) is 12.4. The summed E-state index contributed by atoms with van der Waals surface area (Å²) in [5, 5.41) is 0. The zero-order chi connectivity index (χ0) is 13.1. The van der Waals surface area contributed by atoms with Gasteiger partial charge in [0.25, 0.3) is 0 Å². The van der Waals surface area contributed by atoms with Gasteiger partial charge in [0.05, 0.1) is 24.5 Å². The van der Waals surface area contributed by atoms with E-state index in [2.05, 4.69) is 0 Å². The Morgan fingerprint density at radius 3 is 2.72 bits per heavy atom. The maximum atomic E-state index is 13.8. The number of hydrogen-bond acceptors (Lipinski definition) is 3. The number of ether oxygens (including phenoxy) is 1. The van der Waals surface area contributed by atoms with Crippen molar-refractivity contribution in [2.45, 2.75) is 13.3 Å². The monoisotopic (exact) mass is 248 g/mol. The largest absolute Gasteiger partial charge is 0.497 e. The summed E-state index contributed by atoms with van der Waals surface area (Å²) in [7, 11) is 1.45. The molecule has 0 saturated heterocycles. The van der Waals surface area contributed by atoms with Gasteiger partial charge in [0.1, 0.15) is 17.3 Å². The van der Waals surface area contributed by atoms with Gasteiger partial charge in [-0.1, -0.05) is 6.92 Å². The number of rotatable bonds is 4. The minimum absolute atomic E-state index is 0.0203. The van der Waals surface area contributed by atoms with Gasteiger partial charge in [-0.2, -0.15) is 0 Å². The van der Waals surface area contributed by atoms with E-state index in [0.29, 0.717) is 23.5 Å². The second kappa shape index (κ2) is 5.04. The Morgan fingerprint density at radius 2 is 2.11 bits per heavy atom. The van der Waals surface area contributed by atoms with E-state index in [0.717, 1.165) is 0 Å². The van der Waals surface area contributed by atoms with Crippen LogP contribution in [0, 0.1) is 5.82 Å². The normalized spacial score (nSPS) is 10.4. The van der Waals surface area contributed by atoms with Crippen LogP contribution in [0.5, 0.6) is 5.75 Å².